The van der Waals surface area contributed by atoms with Crippen LogP contribution in [-0.2, 0) is 15.9 Å². The molecule has 0 amide bonds. The molecule has 4 nitrogen and oxygen atoms in total. The van der Waals surface area contributed by atoms with Crippen LogP contribution in [0.15, 0.2) is 18.2 Å². The smallest absolute Gasteiger partial charge is 0.0641 e. The highest BCUT2D eigenvalue weighted by molar-refractivity contribution is 6.31. The van der Waals surface area contributed by atoms with Gasteiger partial charge in [0.15, 0.2) is 0 Å². The predicted octanol–water partition coefficient (Wildman–Crippen LogP) is 2.72. The average Bonchev–Trinajstić information content (AvgIpc) is 2.48. The molecule has 0 saturated carbocycles. The molecule has 0 atom stereocenters. The minimum Gasteiger partial charge on any atom is -0.380 e. The molecule has 0 saturated heterocycles. The fourth-order valence-electron chi connectivity index (χ4n) is 2.10. The van der Waals surface area contributed by atoms with E-state index in [0.717, 1.165) is 49.0 Å². The standard InChI is InChI=1S/C16H27ClN2O2/c1-3-20-11-9-19(10-12-21-4-2)15-6-5-14(7-8-18)16(17)13-15/h5-6,13H,3-4,7-12,18H2,1-2H3. The van der Waals surface area contributed by atoms with E-state index >= 15 is 0 Å². The average molecular weight is 315 g/mol. The number of anilines is 1. The Morgan fingerprint density at radius 1 is 1.10 bits per heavy atom. The fourth-order valence-corrected chi connectivity index (χ4v) is 2.37. The SMILES string of the molecule is CCOCCN(CCOCC)c1ccc(CCN)c(Cl)c1. The lowest BCUT2D eigenvalue weighted by molar-refractivity contribution is 0.141. The summed E-state index contributed by atoms with van der Waals surface area (Å²) in [4.78, 5) is 2.24. The van der Waals surface area contributed by atoms with E-state index < -0.39 is 0 Å². The zero-order chi connectivity index (χ0) is 15.5. The van der Waals surface area contributed by atoms with Crippen LogP contribution in [0.3, 0.4) is 0 Å². The van der Waals surface area contributed by atoms with E-state index in [-0.39, 0.29) is 0 Å². The maximum absolute atomic E-state index is 6.33. The topological polar surface area (TPSA) is 47.7 Å². The van der Waals surface area contributed by atoms with Crippen molar-refractivity contribution in [3.05, 3.63) is 28.8 Å². The first kappa shape index (κ1) is 18.2. The number of ether oxygens (including phenoxy) is 2. The summed E-state index contributed by atoms with van der Waals surface area (Å²) in [5.74, 6) is 0. The van der Waals surface area contributed by atoms with E-state index in [1.54, 1.807) is 0 Å². The monoisotopic (exact) mass is 314 g/mol. The van der Waals surface area contributed by atoms with Gasteiger partial charge in [-0.2, -0.15) is 0 Å². The second kappa shape index (κ2) is 10.9. The molecule has 0 aliphatic carbocycles. The molecule has 2 N–H and O–H groups in total. The van der Waals surface area contributed by atoms with Gasteiger partial charge >= 0.3 is 0 Å². The molecule has 0 heterocycles. The van der Waals surface area contributed by atoms with Gasteiger partial charge in [-0.3, -0.25) is 0 Å². The summed E-state index contributed by atoms with van der Waals surface area (Å²) in [5, 5.41) is 0.774. The van der Waals surface area contributed by atoms with Crippen molar-refractivity contribution in [2.24, 2.45) is 5.73 Å². The van der Waals surface area contributed by atoms with Crippen LogP contribution in [0.1, 0.15) is 19.4 Å². The van der Waals surface area contributed by atoms with Crippen LogP contribution in [0.25, 0.3) is 0 Å². The molecule has 1 aromatic carbocycles. The second-order valence-corrected chi connectivity index (χ2v) is 5.10. The molecule has 0 bridgehead atoms. The molecular weight excluding hydrogens is 288 g/mol. The van der Waals surface area contributed by atoms with Crippen LogP contribution in [0.5, 0.6) is 0 Å². The lowest BCUT2D eigenvalue weighted by Crippen LogP contribution is -2.31. The molecule has 0 unspecified atom stereocenters. The highest BCUT2D eigenvalue weighted by Crippen LogP contribution is 2.24. The van der Waals surface area contributed by atoms with Crippen molar-refractivity contribution < 1.29 is 9.47 Å². The lowest BCUT2D eigenvalue weighted by atomic mass is 10.1. The van der Waals surface area contributed by atoms with Gasteiger partial charge in [0.05, 0.1) is 13.2 Å². The van der Waals surface area contributed by atoms with E-state index in [0.29, 0.717) is 19.8 Å². The molecule has 5 heteroatoms. The van der Waals surface area contributed by atoms with Gasteiger partial charge in [0.1, 0.15) is 0 Å². The van der Waals surface area contributed by atoms with Crippen molar-refractivity contribution in [3.8, 4) is 0 Å². The summed E-state index contributed by atoms with van der Waals surface area (Å²) in [6.07, 6.45) is 0.803. The van der Waals surface area contributed by atoms with Gasteiger partial charge < -0.3 is 20.1 Å². The number of rotatable bonds is 11. The predicted molar refractivity (Wildman–Crippen MR) is 89.4 cm³/mol. The van der Waals surface area contributed by atoms with E-state index in [1.807, 2.05) is 19.9 Å². The van der Waals surface area contributed by atoms with Gasteiger partial charge in [-0.15, -0.1) is 0 Å². The van der Waals surface area contributed by atoms with Gasteiger partial charge in [0, 0.05) is 37.0 Å². The zero-order valence-corrected chi connectivity index (χ0v) is 13.9. The molecule has 0 fully saturated rings. The van der Waals surface area contributed by atoms with Crippen LogP contribution in [0.2, 0.25) is 5.02 Å². The quantitative estimate of drug-likeness (QED) is 0.638. The molecule has 21 heavy (non-hydrogen) atoms. The van der Waals surface area contributed by atoms with Crippen LogP contribution < -0.4 is 10.6 Å². The first-order valence-corrected chi connectivity index (χ1v) is 7.99. The molecule has 0 spiro atoms. The lowest BCUT2D eigenvalue weighted by Gasteiger charge is -2.25. The highest BCUT2D eigenvalue weighted by atomic mass is 35.5. The minimum absolute atomic E-state index is 0.609. The molecule has 0 aliphatic heterocycles. The summed E-state index contributed by atoms with van der Waals surface area (Å²) in [6, 6.07) is 6.15. The largest absolute Gasteiger partial charge is 0.380 e. The summed E-state index contributed by atoms with van der Waals surface area (Å²) in [6.45, 7) is 9.13. The van der Waals surface area contributed by atoms with Crippen LogP contribution in [0, 0.1) is 0 Å². The Morgan fingerprint density at radius 2 is 1.71 bits per heavy atom. The molecule has 1 rings (SSSR count). The van der Waals surface area contributed by atoms with Crippen molar-refractivity contribution >= 4 is 17.3 Å². The Morgan fingerprint density at radius 3 is 2.19 bits per heavy atom. The number of nitrogens with two attached hydrogens (primary N) is 1. The fraction of sp³-hybridized carbons (Fsp3) is 0.625. The minimum atomic E-state index is 0.609. The van der Waals surface area contributed by atoms with Crippen LogP contribution in [0.4, 0.5) is 5.69 Å². The van der Waals surface area contributed by atoms with E-state index in [2.05, 4.69) is 17.0 Å². The number of halogens is 1. The molecular formula is C16H27ClN2O2. The third-order valence-corrected chi connectivity index (χ3v) is 3.59. The van der Waals surface area contributed by atoms with E-state index in [1.165, 1.54) is 0 Å². The van der Waals surface area contributed by atoms with Gasteiger partial charge in [-0.1, -0.05) is 17.7 Å². The van der Waals surface area contributed by atoms with Crippen molar-refractivity contribution in [1.82, 2.24) is 0 Å². The highest BCUT2D eigenvalue weighted by Gasteiger charge is 2.09. The van der Waals surface area contributed by atoms with Crippen molar-refractivity contribution in [1.29, 1.82) is 0 Å². The molecule has 0 aliphatic rings. The Bertz CT molecular complexity index is 392. The molecule has 0 radical (unpaired) electrons. The summed E-state index contributed by atoms with van der Waals surface area (Å²) in [7, 11) is 0. The van der Waals surface area contributed by atoms with E-state index in [9.17, 15) is 0 Å². The van der Waals surface area contributed by atoms with Crippen molar-refractivity contribution in [2.45, 2.75) is 20.3 Å². The van der Waals surface area contributed by atoms with Crippen molar-refractivity contribution in [3.63, 3.8) is 0 Å². The summed E-state index contributed by atoms with van der Waals surface area (Å²) in [5.41, 5.74) is 7.78. The van der Waals surface area contributed by atoms with E-state index in [4.69, 9.17) is 26.8 Å². The molecule has 120 valence electrons. The maximum Gasteiger partial charge on any atom is 0.0641 e. The van der Waals surface area contributed by atoms with Gasteiger partial charge in [0.25, 0.3) is 0 Å². The third-order valence-electron chi connectivity index (χ3n) is 3.23. The number of hydrogen-bond acceptors (Lipinski definition) is 4. The first-order chi connectivity index (χ1) is 10.2. The third kappa shape index (κ3) is 6.66. The second-order valence-electron chi connectivity index (χ2n) is 4.70. The Hall–Kier alpha value is -0.810. The Labute approximate surface area is 133 Å². The van der Waals surface area contributed by atoms with Crippen molar-refractivity contribution in [2.75, 3.05) is 51.0 Å². The number of hydrogen-bond donors (Lipinski definition) is 1. The van der Waals surface area contributed by atoms with Crippen LogP contribution >= 0.6 is 11.6 Å². The Balaban J connectivity index is 2.72. The van der Waals surface area contributed by atoms with Gasteiger partial charge in [-0.25, -0.2) is 0 Å². The maximum atomic E-state index is 6.33. The summed E-state index contributed by atoms with van der Waals surface area (Å²) >= 11 is 6.33. The molecule has 1 aromatic rings. The van der Waals surface area contributed by atoms with Crippen LogP contribution in [-0.4, -0.2) is 46.1 Å². The Kier molecular flexibility index (Phi) is 9.42. The number of nitrogens with zero attached hydrogens (tertiary/aromatic N) is 1. The number of benzene rings is 1. The normalized spacial score (nSPS) is 10.9. The first-order valence-electron chi connectivity index (χ1n) is 7.61. The van der Waals surface area contributed by atoms with Gasteiger partial charge in [0.2, 0.25) is 0 Å². The van der Waals surface area contributed by atoms with Gasteiger partial charge in [-0.05, 0) is 44.5 Å². The summed E-state index contributed by atoms with van der Waals surface area (Å²) < 4.78 is 10.9. The molecule has 0 aromatic heterocycles. The zero-order valence-electron chi connectivity index (χ0n) is 13.1.